The van der Waals surface area contributed by atoms with Gasteiger partial charge < -0.3 is 10.6 Å². The number of nitrogens with one attached hydrogen (secondary N) is 2. The quantitative estimate of drug-likeness (QED) is 0.447. The predicted octanol–water partition coefficient (Wildman–Crippen LogP) is 2.74. The van der Waals surface area contributed by atoms with Crippen LogP contribution in [0, 0.1) is 0 Å². The summed E-state index contributed by atoms with van der Waals surface area (Å²) in [6.45, 7) is 9.63. The minimum Gasteiger partial charge on any atom is -0.357 e. The summed E-state index contributed by atoms with van der Waals surface area (Å²) in [7, 11) is 0. The van der Waals surface area contributed by atoms with E-state index in [1.54, 1.807) is 6.33 Å². The van der Waals surface area contributed by atoms with E-state index in [1.165, 1.54) is 0 Å². The standard InChI is InChI=1S/C16H24N6.HI/c1-5-17-15(20-16(2,3)4)18-11-14-21-19-12-22(14)13-9-7-6-8-10-13;/h6-10,12H,5,11H2,1-4H3,(H2,17,18,20);1H. The van der Waals surface area contributed by atoms with E-state index in [2.05, 4.69) is 46.6 Å². The molecule has 126 valence electrons. The number of nitrogens with zero attached hydrogens (tertiary/aromatic N) is 4. The molecule has 2 aromatic rings. The van der Waals surface area contributed by atoms with Gasteiger partial charge in [-0.1, -0.05) is 18.2 Å². The van der Waals surface area contributed by atoms with Crippen LogP contribution in [0.3, 0.4) is 0 Å². The van der Waals surface area contributed by atoms with Crippen molar-refractivity contribution in [1.29, 1.82) is 0 Å². The van der Waals surface area contributed by atoms with E-state index in [1.807, 2.05) is 41.8 Å². The average Bonchev–Trinajstić information content (AvgIpc) is 2.93. The fraction of sp³-hybridized carbons (Fsp3) is 0.438. The van der Waals surface area contributed by atoms with Crippen molar-refractivity contribution >= 4 is 29.9 Å². The van der Waals surface area contributed by atoms with Crippen LogP contribution in [0.1, 0.15) is 33.5 Å². The van der Waals surface area contributed by atoms with E-state index in [0.717, 1.165) is 24.0 Å². The molecule has 0 aliphatic carbocycles. The number of aliphatic imine (C=N–C) groups is 1. The average molecular weight is 428 g/mol. The van der Waals surface area contributed by atoms with Gasteiger partial charge in [-0.15, -0.1) is 34.2 Å². The lowest BCUT2D eigenvalue weighted by atomic mass is 10.1. The molecule has 0 radical (unpaired) electrons. The van der Waals surface area contributed by atoms with Crippen molar-refractivity contribution in [2.24, 2.45) is 4.99 Å². The van der Waals surface area contributed by atoms with Crippen LogP contribution in [0.4, 0.5) is 0 Å². The number of hydrogen-bond acceptors (Lipinski definition) is 3. The van der Waals surface area contributed by atoms with Gasteiger partial charge in [0.15, 0.2) is 11.8 Å². The number of guanidine groups is 1. The van der Waals surface area contributed by atoms with Gasteiger partial charge in [0.1, 0.15) is 12.9 Å². The van der Waals surface area contributed by atoms with Crippen molar-refractivity contribution in [3.63, 3.8) is 0 Å². The first-order chi connectivity index (χ1) is 10.5. The SMILES string of the molecule is CCNC(=NCc1nncn1-c1ccccc1)NC(C)(C)C.I. The first-order valence-electron chi connectivity index (χ1n) is 7.50. The smallest absolute Gasteiger partial charge is 0.192 e. The summed E-state index contributed by atoms with van der Waals surface area (Å²) in [4.78, 5) is 4.60. The monoisotopic (exact) mass is 428 g/mol. The van der Waals surface area contributed by atoms with Crippen LogP contribution in [0.15, 0.2) is 41.7 Å². The number of rotatable bonds is 4. The van der Waals surface area contributed by atoms with Gasteiger partial charge in [0, 0.05) is 17.8 Å². The van der Waals surface area contributed by atoms with Crippen LogP contribution in [0.2, 0.25) is 0 Å². The molecule has 6 nitrogen and oxygen atoms in total. The predicted molar refractivity (Wildman–Crippen MR) is 104 cm³/mol. The molecule has 0 atom stereocenters. The van der Waals surface area contributed by atoms with Gasteiger partial charge >= 0.3 is 0 Å². The number of hydrogen-bond donors (Lipinski definition) is 2. The van der Waals surface area contributed by atoms with E-state index >= 15 is 0 Å². The molecule has 0 spiro atoms. The highest BCUT2D eigenvalue weighted by atomic mass is 127. The summed E-state index contributed by atoms with van der Waals surface area (Å²) in [6.07, 6.45) is 1.71. The van der Waals surface area contributed by atoms with E-state index in [-0.39, 0.29) is 29.5 Å². The number of halogens is 1. The van der Waals surface area contributed by atoms with Gasteiger partial charge in [0.05, 0.1) is 0 Å². The Hall–Kier alpha value is -1.64. The molecule has 2 N–H and O–H groups in total. The first kappa shape index (κ1) is 19.4. The second-order valence-corrected chi connectivity index (χ2v) is 6.02. The van der Waals surface area contributed by atoms with Gasteiger partial charge in [0.25, 0.3) is 0 Å². The Balaban J connectivity index is 0.00000264. The van der Waals surface area contributed by atoms with Crippen LogP contribution in [-0.2, 0) is 6.54 Å². The lowest BCUT2D eigenvalue weighted by Crippen LogP contribution is -2.47. The third-order valence-electron chi connectivity index (χ3n) is 2.87. The lowest BCUT2D eigenvalue weighted by molar-refractivity contribution is 0.501. The molecule has 1 aromatic carbocycles. The second-order valence-electron chi connectivity index (χ2n) is 6.02. The van der Waals surface area contributed by atoms with Crippen LogP contribution < -0.4 is 10.6 Å². The minimum atomic E-state index is -0.0475. The van der Waals surface area contributed by atoms with Crippen molar-refractivity contribution in [1.82, 2.24) is 25.4 Å². The maximum atomic E-state index is 4.60. The maximum Gasteiger partial charge on any atom is 0.192 e. The van der Waals surface area contributed by atoms with Crippen molar-refractivity contribution in [3.8, 4) is 5.69 Å². The largest absolute Gasteiger partial charge is 0.357 e. The minimum absolute atomic E-state index is 0. The van der Waals surface area contributed by atoms with E-state index in [0.29, 0.717) is 6.54 Å². The molecule has 7 heteroatoms. The summed E-state index contributed by atoms with van der Waals surface area (Å²) in [5.41, 5.74) is 0.986. The normalized spacial score (nSPS) is 11.7. The molecule has 1 heterocycles. The fourth-order valence-corrected chi connectivity index (χ4v) is 1.98. The zero-order chi connectivity index (χ0) is 16.0. The number of para-hydroxylation sites is 1. The second kappa shape index (κ2) is 8.85. The molecule has 0 bridgehead atoms. The Bertz CT molecular complexity index is 615. The van der Waals surface area contributed by atoms with Crippen molar-refractivity contribution in [3.05, 3.63) is 42.5 Å². The summed E-state index contributed by atoms with van der Waals surface area (Å²) in [5, 5.41) is 14.8. The van der Waals surface area contributed by atoms with Gasteiger partial charge in [-0.05, 0) is 39.8 Å². The summed E-state index contributed by atoms with van der Waals surface area (Å²) < 4.78 is 1.95. The van der Waals surface area contributed by atoms with Gasteiger partial charge in [0.2, 0.25) is 0 Å². The van der Waals surface area contributed by atoms with E-state index < -0.39 is 0 Å². The molecule has 0 aliphatic heterocycles. The summed E-state index contributed by atoms with van der Waals surface area (Å²) >= 11 is 0. The Morgan fingerprint density at radius 2 is 1.91 bits per heavy atom. The molecule has 1 aromatic heterocycles. The number of aromatic nitrogens is 3. The summed E-state index contributed by atoms with van der Waals surface area (Å²) in [6, 6.07) is 10.0. The van der Waals surface area contributed by atoms with Crippen LogP contribution in [0.5, 0.6) is 0 Å². The zero-order valence-corrected chi connectivity index (χ0v) is 16.4. The highest BCUT2D eigenvalue weighted by Gasteiger charge is 2.12. The molecule has 0 unspecified atom stereocenters. The highest BCUT2D eigenvalue weighted by Crippen LogP contribution is 2.09. The Morgan fingerprint density at radius 3 is 2.52 bits per heavy atom. The van der Waals surface area contributed by atoms with Crippen LogP contribution in [0.25, 0.3) is 5.69 Å². The Kier molecular flexibility index (Phi) is 7.47. The van der Waals surface area contributed by atoms with Crippen LogP contribution in [-0.4, -0.2) is 32.8 Å². The third-order valence-corrected chi connectivity index (χ3v) is 2.87. The Morgan fingerprint density at radius 1 is 1.22 bits per heavy atom. The lowest BCUT2D eigenvalue weighted by Gasteiger charge is -2.23. The molecule has 0 fully saturated rings. The molecule has 23 heavy (non-hydrogen) atoms. The number of benzene rings is 1. The van der Waals surface area contributed by atoms with Crippen molar-refractivity contribution < 1.29 is 0 Å². The van der Waals surface area contributed by atoms with Crippen LogP contribution >= 0.6 is 24.0 Å². The maximum absolute atomic E-state index is 4.60. The highest BCUT2D eigenvalue weighted by molar-refractivity contribution is 14.0. The third kappa shape index (κ3) is 6.17. The summed E-state index contributed by atoms with van der Waals surface area (Å²) in [5.74, 6) is 1.58. The van der Waals surface area contributed by atoms with Gasteiger partial charge in [-0.3, -0.25) is 4.57 Å². The molecule has 0 saturated carbocycles. The Labute approximate surface area is 154 Å². The molecular weight excluding hydrogens is 403 g/mol. The zero-order valence-electron chi connectivity index (χ0n) is 14.1. The van der Waals surface area contributed by atoms with Crippen molar-refractivity contribution in [2.75, 3.05) is 6.54 Å². The molecular formula is C16H25IN6. The van der Waals surface area contributed by atoms with Gasteiger partial charge in [-0.2, -0.15) is 0 Å². The fourth-order valence-electron chi connectivity index (χ4n) is 1.98. The van der Waals surface area contributed by atoms with E-state index in [9.17, 15) is 0 Å². The molecule has 0 aliphatic rings. The topological polar surface area (TPSA) is 67.1 Å². The molecule has 2 rings (SSSR count). The molecule has 0 amide bonds. The van der Waals surface area contributed by atoms with Gasteiger partial charge in [-0.25, -0.2) is 4.99 Å². The molecule has 0 saturated heterocycles. The first-order valence-corrected chi connectivity index (χ1v) is 7.50. The van der Waals surface area contributed by atoms with Crippen molar-refractivity contribution in [2.45, 2.75) is 39.8 Å². The van der Waals surface area contributed by atoms with E-state index in [4.69, 9.17) is 0 Å².